The van der Waals surface area contributed by atoms with Gasteiger partial charge in [-0.25, -0.2) is 9.97 Å². The van der Waals surface area contributed by atoms with Crippen LogP contribution in [0.3, 0.4) is 0 Å². The Morgan fingerprint density at radius 3 is 2.73 bits per heavy atom. The zero-order valence-electron chi connectivity index (χ0n) is 18.1. The Morgan fingerprint density at radius 2 is 2.03 bits per heavy atom. The van der Waals surface area contributed by atoms with Gasteiger partial charge in [-0.3, -0.25) is 14.9 Å². The maximum Gasteiger partial charge on any atom is 0.271 e. The van der Waals surface area contributed by atoms with Crippen LogP contribution in [0, 0.1) is 10.1 Å². The summed E-state index contributed by atoms with van der Waals surface area (Å²) in [5, 5.41) is 14.9. The van der Waals surface area contributed by atoms with Gasteiger partial charge in [0.05, 0.1) is 17.5 Å². The number of hydrogen-bond acceptors (Lipinski definition) is 8. The summed E-state index contributed by atoms with van der Waals surface area (Å²) >= 11 is 0. The Morgan fingerprint density at radius 1 is 1.24 bits per heavy atom. The first-order valence-electron chi connectivity index (χ1n) is 10.4. The van der Waals surface area contributed by atoms with Crippen molar-refractivity contribution in [3.05, 3.63) is 65.5 Å². The Labute approximate surface area is 190 Å². The van der Waals surface area contributed by atoms with Crippen molar-refractivity contribution in [2.24, 2.45) is 0 Å². The second kappa shape index (κ2) is 9.51. The highest BCUT2D eigenvalue weighted by molar-refractivity contribution is 5.93. The van der Waals surface area contributed by atoms with Gasteiger partial charge in [0, 0.05) is 55.2 Å². The number of non-ortho nitro benzene ring substituents is 1. The average molecular weight is 449 g/mol. The predicted octanol–water partition coefficient (Wildman–Crippen LogP) is 3.85. The highest BCUT2D eigenvalue weighted by Crippen LogP contribution is 2.36. The van der Waals surface area contributed by atoms with Crippen LogP contribution < -0.4 is 14.8 Å². The van der Waals surface area contributed by atoms with E-state index in [0.717, 1.165) is 0 Å². The second-order valence-electron chi connectivity index (χ2n) is 7.52. The number of ether oxygens (including phenoxy) is 2. The van der Waals surface area contributed by atoms with E-state index in [1.54, 1.807) is 36.3 Å². The molecule has 33 heavy (non-hydrogen) atoms. The van der Waals surface area contributed by atoms with Crippen LogP contribution in [0.1, 0.15) is 12.8 Å². The number of fused-ring (bicyclic) bond motifs is 1. The van der Waals surface area contributed by atoms with Gasteiger partial charge in [-0.05, 0) is 18.2 Å². The van der Waals surface area contributed by atoms with E-state index in [1.807, 2.05) is 0 Å². The smallest absolute Gasteiger partial charge is 0.271 e. The number of amides is 1. The summed E-state index contributed by atoms with van der Waals surface area (Å²) in [4.78, 5) is 32.8. The Bertz CT molecular complexity index is 1210. The van der Waals surface area contributed by atoms with E-state index in [4.69, 9.17) is 9.47 Å². The number of anilines is 2. The molecule has 3 aromatic rings. The maximum absolute atomic E-state index is 11.8. The molecular formula is C23H23N5O5. The third kappa shape index (κ3) is 4.84. The monoisotopic (exact) mass is 449 g/mol. The van der Waals surface area contributed by atoms with Crippen molar-refractivity contribution in [3.8, 4) is 11.5 Å². The molecule has 1 N–H and O–H groups in total. The summed E-state index contributed by atoms with van der Waals surface area (Å²) in [6.07, 6.45) is 4.02. The number of piperidine rings is 1. The number of nitrogens with zero attached hydrogens (tertiary/aromatic N) is 4. The lowest BCUT2D eigenvalue weighted by molar-refractivity contribution is -0.384. The van der Waals surface area contributed by atoms with Crippen molar-refractivity contribution in [3.63, 3.8) is 0 Å². The van der Waals surface area contributed by atoms with Crippen LogP contribution in [0.5, 0.6) is 11.5 Å². The minimum absolute atomic E-state index is 0.0228. The molecule has 1 aliphatic heterocycles. The van der Waals surface area contributed by atoms with E-state index >= 15 is 0 Å². The first-order chi connectivity index (χ1) is 16.0. The molecule has 0 saturated carbocycles. The predicted molar refractivity (Wildman–Crippen MR) is 123 cm³/mol. The molecule has 1 saturated heterocycles. The van der Waals surface area contributed by atoms with Gasteiger partial charge in [-0.15, -0.1) is 0 Å². The van der Waals surface area contributed by atoms with E-state index in [2.05, 4.69) is 21.9 Å². The second-order valence-corrected chi connectivity index (χ2v) is 7.52. The van der Waals surface area contributed by atoms with Crippen LogP contribution >= 0.6 is 0 Å². The quantitative estimate of drug-likeness (QED) is 0.328. The van der Waals surface area contributed by atoms with Crippen molar-refractivity contribution in [2.45, 2.75) is 18.9 Å². The van der Waals surface area contributed by atoms with Crippen molar-refractivity contribution in [2.75, 3.05) is 25.5 Å². The molecule has 0 aliphatic carbocycles. The third-order valence-corrected chi connectivity index (χ3v) is 5.46. The van der Waals surface area contributed by atoms with Gasteiger partial charge >= 0.3 is 0 Å². The summed E-state index contributed by atoms with van der Waals surface area (Å²) in [5.74, 6) is 1.48. The van der Waals surface area contributed by atoms with Gasteiger partial charge in [0.1, 0.15) is 18.2 Å². The number of methoxy groups -OCH3 is 1. The van der Waals surface area contributed by atoms with Crippen LogP contribution in [0.4, 0.5) is 17.2 Å². The molecular weight excluding hydrogens is 426 g/mol. The van der Waals surface area contributed by atoms with Crippen LogP contribution in [0.15, 0.2) is 55.4 Å². The number of hydrogen-bond donors (Lipinski definition) is 1. The van der Waals surface area contributed by atoms with Crippen molar-refractivity contribution in [1.29, 1.82) is 0 Å². The van der Waals surface area contributed by atoms with Crippen LogP contribution in [-0.4, -0.2) is 52.0 Å². The third-order valence-electron chi connectivity index (χ3n) is 5.46. The Balaban J connectivity index is 1.60. The van der Waals surface area contributed by atoms with E-state index in [-0.39, 0.29) is 17.7 Å². The molecule has 10 nitrogen and oxygen atoms in total. The highest BCUT2D eigenvalue weighted by atomic mass is 16.6. The fraction of sp³-hybridized carbons (Fsp3) is 0.261. The molecule has 0 atom stereocenters. The molecule has 0 unspecified atom stereocenters. The zero-order valence-corrected chi connectivity index (χ0v) is 18.1. The summed E-state index contributed by atoms with van der Waals surface area (Å²) < 4.78 is 11.8. The molecule has 1 aliphatic rings. The molecule has 1 fully saturated rings. The number of nitro groups is 1. The van der Waals surface area contributed by atoms with Gasteiger partial charge in [0.15, 0.2) is 11.5 Å². The minimum atomic E-state index is -0.450. The molecule has 10 heteroatoms. The molecule has 4 rings (SSSR count). The van der Waals surface area contributed by atoms with Crippen LogP contribution in [-0.2, 0) is 4.79 Å². The van der Waals surface area contributed by atoms with E-state index in [1.165, 1.54) is 24.5 Å². The SMILES string of the molecule is C=CC(=O)N1CCC(Oc2cc3c(Nc4cccc([N+](=O)[O-])c4)ncnc3cc2OC)CC1. The fourth-order valence-corrected chi connectivity index (χ4v) is 3.75. The number of nitro benzene ring substituents is 1. The van der Waals surface area contributed by atoms with Gasteiger partial charge in [0.2, 0.25) is 5.91 Å². The van der Waals surface area contributed by atoms with Crippen molar-refractivity contribution in [1.82, 2.24) is 14.9 Å². The average Bonchev–Trinajstić information content (AvgIpc) is 2.84. The number of carbonyl (C=O) groups is 1. The van der Waals surface area contributed by atoms with Crippen molar-refractivity contribution >= 4 is 34.0 Å². The Hall–Kier alpha value is -4.21. The number of nitrogens with one attached hydrogen (secondary N) is 1. The number of rotatable bonds is 7. The molecule has 0 spiro atoms. The number of likely N-dealkylation sites (tertiary alicyclic amines) is 1. The van der Waals surface area contributed by atoms with Gasteiger partial charge in [-0.1, -0.05) is 12.6 Å². The summed E-state index contributed by atoms with van der Waals surface area (Å²) in [6.45, 7) is 4.72. The normalized spacial score (nSPS) is 14.0. The first-order valence-corrected chi connectivity index (χ1v) is 10.4. The van der Waals surface area contributed by atoms with Crippen molar-refractivity contribution < 1.29 is 19.2 Å². The summed E-state index contributed by atoms with van der Waals surface area (Å²) in [6, 6.07) is 9.75. The fourth-order valence-electron chi connectivity index (χ4n) is 3.75. The summed E-state index contributed by atoms with van der Waals surface area (Å²) in [7, 11) is 1.56. The van der Waals surface area contributed by atoms with E-state index < -0.39 is 4.92 Å². The van der Waals surface area contributed by atoms with Gasteiger partial charge in [-0.2, -0.15) is 0 Å². The van der Waals surface area contributed by atoms with Crippen LogP contribution in [0.2, 0.25) is 0 Å². The van der Waals surface area contributed by atoms with Gasteiger partial charge in [0.25, 0.3) is 5.69 Å². The highest BCUT2D eigenvalue weighted by Gasteiger charge is 2.24. The topological polar surface area (TPSA) is 120 Å². The molecule has 170 valence electrons. The van der Waals surface area contributed by atoms with Crippen LogP contribution in [0.25, 0.3) is 10.9 Å². The standard InChI is InChI=1S/C23H23N5O5/c1-3-22(29)27-9-7-17(8-10-27)33-21-12-18-19(13-20(21)32-2)24-14-25-23(18)26-15-5-4-6-16(11-15)28(30)31/h3-6,11-14,17H,1,7-10H2,2H3,(H,24,25,26). The number of carbonyl (C=O) groups excluding carboxylic acids is 1. The molecule has 1 amide bonds. The first kappa shape index (κ1) is 22.0. The lowest BCUT2D eigenvalue weighted by atomic mass is 10.1. The van der Waals surface area contributed by atoms with Gasteiger partial charge < -0.3 is 19.7 Å². The molecule has 1 aromatic heterocycles. The van der Waals surface area contributed by atoms with E-state index in [0.29, 0.717) is 59.8 Å². The largest absolute Gasteiger partial charge is 0.493 e. The lowest BCUT2D eigenvalue weighted by Gasteiger charge is -2.31. The minimum Gasteiger partial charge on any atom is -0.493 e. The summed E-state index contributed by atoms with van der Waals surface area (Å²) in [5.41, 5.74) is 1.14. The zero-order chi connectivity index (χ0) is 23.4. The molecule has 0 bridgehead atoms. The number of aromatic nitrogens is 2. The Kier molecular flexibility index (Phi) is 6.34. The number of benzene rings is 2. The van der Waals surface area contributed by atoms with E-state index in [9.17, 15) is 14.9 Å². The maximum atomic E-state index is 11.8. The molecule has 2 heterocycles. The lowest BCUT2D eigenvalue weighted by Crippen LogP contribution is -2.41. The molecule has 2 aromatic carbocycles. The molecule has 0 radical (unpaired) electrons.